The fourth-order valence-corrected chi connectivity index (χ4v) is 2.36. The first-order valence-electron chi connectivity index (χ1n) is 6.20. The Balaban J connectivity index is 2.06. The normalized spacial score (nSPS) is 11.4. The van der Waals surface area contributed by atoms with E-state index in [9.17, 15) is 0 Å². The monoisotopic (exact) mass is 264 g/mol. The van der Waals surface area contributed by atoms with Crippen molar-refractivity contribution in [1.82, 2.24) is 19.6 Å². The van der Waals surface area contributed by atoms with E-state index in [1.54, 1.807) is 0 Å². The average molecular weight is 264 g/mol. The Labute approximate surface area is 114 Å². The Bertz CT molecular complexity index is 916. The minimum Gasteiger partial charge on any atom is -0.399 e. The fourth-order valence-electron chi connectivity index (χ4n) is 2.36. The van der Waals surface area contributed by atoms with Gasteiger partial charge in [0.25, 0.3) is 0 Å². The standard InChI is InChI=1S/C14H12N6/c15-9-3-1-8(2-4-9)13-18-19-14-17-11-6-5-10(16)7-12(11)20(13)14/h1-7H,15-16H2,(H,17,19). The van der Waals surface area contributed by atoms with Gasteiger partial charge >= 0.3 is 0 Å². The molecule has 6 nitrogen and oxygen atoms in total. The van der Waals surface area contributed by atoms with Gasteiger partial charge in [-0.2, -0.15) is 5.10 Å². The van der Waals surface area contributed by atoms with Crippen molar-refractivity contribution < 1.29 is 0 Å². The molecule has 0 spiro atoms. The predicted octanol–water partition coefficient (Wildman–Crippen LogP) is 2.04. The van der Waals surface area contributed by atoms with Crippen LogP contribution in [0.4, 0.5) is 11.4 Å². The zero-order valence-electron chi connectivity index (χ0n) is 10.5. The molecule has 0 unspecified atom stereocenters. The summed E-state index contributed by atoms with van der Waals surface area (Å²) in [5, 5.41) is 7.27. The number of benzene rings is 2. The number of nitrogens with one attached hydrogen (secondary N) is 1. The number of aromatic nitrogens is 4. The molecule has 98 valence electrons. The summed E-state index contributed by atoms with van der Waals surface area (Å²) in [4.78, 5) is 4.48. The number of anilines is 2. The number of nitrogens with two attached hydrogens (primary N) is 2. The minimum absolute atomic E-state index is 0.692. The van der Waals surface area contributed by atoms with Crippen molar-refractivity contribution in [3.05, 3.63) is 42.5 Å². The zero-order valence-corrected chi connectivity index (χ0v) is 10.5. The van der Waals surface area contributed by atoms with E-state index in [1.165, 1.54) is 0 Å². The summed E-state index contributed by atoms with van der Waals surface area (Å²) in [5.74, 6) is 1.48. The number of nitrogens with zero attached hydrogens (tertiary/aromatic N) is 3. The number of fused-ring (bicyclic) bond motifs is 3. The van der Waals surface area contributed by atoms with Crippen molar-refractivity contribution in [3.63, 3.8) is 0 Å². The van der Waals surface area contributed by atoms with Gasteiger partial charge in [0.2, 0.25) is 5.78 Å². The molecule has 5 N–H and O–H groups in total. The van der Waals surface area contributed by atoms with Gasteiger partial charge in [-0.1, -0.05) is 0 Å². The molecular formula is C14H12N6. The van der Waals surface area contributed by atoms with Crippen LogP contribution in [-0.4, -0.2) is 19.6 Å². The molecule has 2 aromatic heterocycles. The van der Waals surface area contributed by atoms with E-state index >= 15 is 0 Å². The lowest BCUT2D eigenvalue weighted by atomic mass is 10.2. The molecule has 0 fully saturated rings. The molecule has 0 aliphatic heterocycles. The van der Waals surface area contributed by atoms with Crippen LogP contribution in [0.3, 0.4) is 0 Å². The Morgan fingerprint density at radius 2 is 1.70 bits per heavy atom. The van der Waals surface area contributed by atoms with E-state index in [2.05, 4.69) is 15.2 Å². The second-order valence-electron chi connectivity index (χ2n) is 4.69. The van der Waals surface area contributed by atoms with Crippen molar-refractivity contribution >= 4 is 28.2 Å². The van der Waals surface area contributed by atoms with Gasteiger partial charge in [0.1, 0.15) is 0 Å². The van der Waals surface area contributed by atoms with Crippen LogP contribution in [0.1, 0.15) is 0 Å². The van der Waals surface area contributed by atoms with Gasteiger partial charge in [-0.3, -0.25) is 4.40 Å². The van der Waals surface area contributed by atoms with Gasteiger partial charge in [0.05, 0.1) is 11.0 Å². The summed E-state index contributed by atoms with van der Waals surface area (Å²) in [6.45, 7) is 0. The maximum absolute atomic E-state index is 5.86. The summed E-state index contributed by atoms with van der Waals surface area (Å²) in [5.41, 5.74) is 15.8. The summed E-state index contributed by atoms with van der Waals surface area (Å²) in [7, 11) is 0. The van der Waals surface area contributed by atoms with E-state index in [4.69, 9.17) is 11.5 Å². The van der Waals surface area contributed by atoms with E-state index in [1.807, 2.05) is 46.9 Å². The van der Waals surface area contributed by atoms with Crippen LogP contribution in [0.25, 0.3) is 28.2 Å². The Morgan fingerprint density at radius 3 is 2.50 bits per heavy atom. The topological polar surface area (TPSA) is 98.0 Å². The van der Waals surface area contributed by atoms with Crippen molar-refractivity contribution in [2.45, 2.75) is 0 Å². The van der Waals surface area contributed by atoms with Crippen LogP contribution in [-0.2, 0) is 0 Å². The molecule has 4 rings (SSSR count). The Morgan fingerprint density at radius 1 is 0.950 bits per heavy atom. The van der Waals surface area contributed by atoms with Crippen LogP contribution >= 0.6 is 0 Å². The maximum Gasteiger partial charge on any atom is 0.230 e. The largest absolute Gasteiger partial charge is 0.399 e. The van der Waals surface area contributed by atoms with Crippen molar-refractivity contribution in [1.29, 1.82) is 0 Å². The van der Waals surface area contributed by atoms with Crippen LogP contribution in [0.5, 0.6) is 0 Å². The molecule has 2 aromatic carbocycles. The van der Waals surface area contributed by atoms with Crippen molar-refractivity contribution in [2.75, 3.05) is 11.5 Å². The van der Waals surface area contributed by atoms with Crippen LogP contribution < -0.4 is 11.5 Å². The summed E-state index contributed by atoms with van der Waals surface area (Å²) in [6, 6.07) is 13.2. The first-order valence-corrected chi connectivity index (χ1v) is 6.20. The Kier molecular flexibility index (Phi) is 2.03. The molecule has 0 saturated heterocycles. The summed E-state index contributed by atoms with van der Waals surface area (Å²) < 4.78 is 1.96. The van der Waals surface area contributed by atoms with Crippen LogP contribution in [0.15, 0.2) is 42.5 Å². The number of hydrogen-bond donors (Lipinski definition) is 3. The van der Waals surface area contributed by atoms with Crippen molar-refractivity contribution in [3.8, 4) is 11.4 Å². The molecule has 0 radical (unpaired) electrons. The molecule has 0 amide bonds. The zero-order chi connectivity index (χ0) is 13.7. The highest BCUT2D eigenvalue weighted by Gasteiger charge is 2.13. The second kappa shape index (κ2) is 3.74. The highest BCUT2D eigenvalue weighted by atomic mass is 15.3. The van der Waals surface area contributed by atoms with Gasteiger partial charge in [0.15, 0.2) is 5.82 Å². The summed E-state index contributed by atoms with van der Waals surface area (Å²) in [6.07, 6.45) is 0. The maximum atomic E-state index is 5.86. The number of rotatable bonds is 1. The molecule has 0 saturated carbocycles. The molecule has 6 heteroatoms. The molecule has 0 aliphatic carbocycles. The van der Waals surface area contributed by atoms with Gasteiger partial charge in [-0.05, 0) is 42.5 Å². The van der Waals surface area contributed by atoms with E-state index in [0.29, 0.717) is 11.5 Å². The average Bonchev–Trinajstić information content (AvgIpc) is 2.99. The van der Waals surface area contributed by atoms with Crippen LogP contribution in [0, 0.1) is 0 Å². The lowest BCUT2D eigenvalue weighted by Gasteiger charge is -2.00. The first kappa shape index (κ1) is 10.9. The quantitative estimate of drug-likeness (QED) is 0.458. The molecule has 4 aromatic rings. The molecule has 20 heavy (non-hydrogen) atoms. The van der Waals surface area contributed by atoms with Crippen LogP contribution in [0.2, 0.25) is 0 Å². The lowest BCUT2D eigenvalue weighted by molar-refractivity contribution is 1.10. The molecule has 0 atom stereocenters. The molecule has 2 heterocycles. The third-order valence-corrected chi connectivity index (χ3v) is 3.32. The van der Waals surface area contributed by atoms with E-state index in [-0.39, 0.29) is 0 Å². The SMILES string of the molecule is Nc1ccc(-c2n[nH]c3nc4ccc(N)cc4n23)cc1. The lowest BCUT2D eigenvalue weighted by Crippen LogP contribution is -1.90. The van der Waals surface area contributed by atoms with E-state index in [0.717, 1.165) is 28.1 Å². The van der Waals surface area contributed by atoms with Gasteiger partial charge in [-0.15, -0.1) is 0 Å². The third-order valence-electron chi connectivity index (χ3n) is 3.32. The van der Waals surface area contributed by atoms with E-state index < -0.39 is 0 Å². The van der Waals surface area contributed by atoms with Gasteiger partial charge in [-0.25, -0.2) is 10.1 Å². The smallest absolute Gasteiger partial charge is 0.230 e. The third kappa shape index (κ3) is 1.45. The van der Waals surface area contributed by atoms with Gasteiger partial charge < -0.3 is 11.5 Å². The highest BCUT2D eigenvalue weighted by molar-refractivity contribution is 5.84. The number of nitrogen functional groups attached to an aromatic ring is 2. The highest BCUT2D eigenvalue weighted by Crippen LogP contribution is 2.25. The predicted molar refractivity (Wildman–Crippen MR) is 79.1 cm³/mol. The minimum atomic E-state index is 0.692. The Hall–Kier alpha value is -3.02. The first-order chi connectivity index (χ1) is 9.72. The van der Waals surface area contributed by atoms with Gasteiger partial charge in [0, 0.05) is 16.9 Å². The van der Waals surface area contributed by atoms with Crippen molar-refractivity contribution in [2.24, 2.45) is 0 Å². The summed E-state index contributed by atoms with van der Waals surface area (Å²) >= 11 is 0. The number of H-pyrrole nitrogens is 1. The second-order valence-corrected chi connectivity index (χ2v) is 4.69. The molecule has 0 aliphatic rings. The number of aromatic amines is 1. The number of imidazole rings is 1. The molecule has 0 bridgehead atoms. The fraction of sp³-hybridized carbons (Fsp3) is 0. The number of hydrogen-bond acceptors (Lipinski definition) is 4. The molecular weight excluding hydrogens is 252 g/mol.